The van der Waals surface area contributed by atoms with Gasteiger partial charge >= 0.3 is 5.63 Å². The fourth-order valence-electron chi connectivity index (χ4n) is 3.49. The maximum atomic E-state index is 12.0. The average Bonchev–Trinajstić information content (AvgIpc) is 2.61. The van der Waals surface area contributed by atoms with E-state index in [4.69, 9.17) is 9.15 Å². The summed E-state index contributed by atoms with van der Waals surface area (Å²) in [5.74, 6) is 1.03. The molecule has 5 nitrogen and oxygen atoms in total. The van der Waals surface area contributed by atoms with Gasteiger partial charge in [-0.1, -0.05) is 18.6 Å². The first-order valence-electron chi connectivity index (χ1n) is 9.14. The maximum absolute atomic E-state index is 12.0. The number of hydrogen-bond acceptors (Lipinski definition) is 4. The second-order valence-corrected chi connectivity index (χ2v) is 7.05. The molecule has 0 bridgehead atoms. The van der Waals surface area contributed by atoms with E-state index in [2.05, 4.69) is 20.0 Å². The molecule has 2 aromatic carbocycles. The normalized spacial score (nSPS) is 12.3. The number of benzene rings is 2. The van der Waals surface area contributed by atoms with Crippen LogP contribution in [0.3, 0.4) is 0 Å². The number of phenols is 1. The summed E-state index contributed by atoms with van der Waals surface area (Å²) in [6.07, 6.45) is 0.712. The van der Waals surface area contributed by atoms with Gasteiger partial charge < -0.3 is 19.2 Å². The van der Waals surface area contributed by atoms with E-state index in [0.717, 1.165) is 34.4 Å². The van der Waals surface area contributed by atoms with Gasteiger partial charge in [0.2, 0.25) is 0 Å². The number of aryl methyl sites for hydroxylation is 2. The summed E-state index contributed by atoms with van der Waals surface area (Å²) < 4.78 is 10.8. The van der Waals surface area contributed by atoms with Crippen molar-refractivity contribution in [3.05, 3.63) is 69.1 Å². The number of quaternary nitrogens is 1. The van der Waals surface area contributed by atoms with Gasteiger partial charge in [-0.2, -0.15) is 0 Å². The van der Waals surface area contributed by atoms with Gasteiger partial charge in [-0.25, -0.2) is 4.79 Å². The topological polar surface area (TPSA) is 64.1 Å². The van der Waals surface area contributed by atoms with Gasteiger partial charge in [0.15, 0.2) is 0 Å². The summed E-state index contributed by atoms with van der Waals surface area (Å²) in [6.45, 7) is 5.48. The number of hydrogen-bond donors (Lipinski definition) is 2. The highest BCUT2D eigenvalue weighted by atomic mass is 16.5. The Morgan fingerprint density at radius 3 is 2.52 bits per heavy atom. The van der Waals surface area contributed by atoms with Gasteiger partial charge in [0.1, 0.15) is 30.2 Å². The second kappa shape index (κ2) is 7.84. The highest BCUT2D eigenvalue weighted by molar-refractivity contribution is 5.82. The third-order valence-electron chi connectivity index (χ3n) is 4.83. The first kappa shape index (κ1) is 19.0. The highest BCUT2D eigenvalue weighted by Gasteiger charge is 2.15. The van der Waals surface area contributed by atoms with E-state index in [9.17, 15) is 9.90 Å². The van der Waals surface area contributed by atoms with Crippen LogP contribution in [0.25, 0.3) is 11.0 Å². The van der Waals surface area contributed by atoms with E-state index in [1.807, 2.05) is 25.1 Å². The quantitative estimate of drug-likeness (QED) is 0.657. The van der Waals surface area contributed by atoms with Crippen LogP contribution in [0.4, 0.5) is 0 Å². The Kier molecular flexibility index (Phi) is 5.51. The number of phenolic OH excluding ortho intramolecular Hbond substituents is 1. The molecule has 0 fully saturated rings. The van der Waals surface area contributed by atoms with E-state index >= 15 is 0 Å². The molecule has 0 aliphatic carbocycles. The summed E-state index contributed by atoms with van der Waals surface area (Å²) in [5, 5.41) is 10.9. The lowest BCUT2D eigenvalue weighted by atomic mass is 10.0. The van der Waals surface area contributed by atoms with Crippen molar-refractivity contribution in [3.8, 4) is 11.5 Å². The fraction of sp³-hybridized carbons (Fsp3) is 0.318. The molecule has 0 saturated carbocycles. The van der Waals surface area contributed by atoms with Crippen LogP contribution < -0.4 is 15.3 Å². The van der Waals surface area contributed by atoms with E-state index in [-0.39, 0.29) is 5.75 Å². The minimum Gasteiger partial charge on any atom is -0.508 e. The van der Waals surface area contributed by atoms with Gasteiger partial charge in [-0.05, 0) is 37.1 Å². The van der Waals surface area contributed by atoms with E-state index in [1.165, 1.54) is 16.5 Å². The van der Waals surface area contributed by atoms with E-state index in [0.29, 0.717) is 18.5 Å². The smallest absolute Gasteiger partial charge is 0.336 e. The molecule has 2 N–H and O–H groups in total. The zero-order valence-corrected chi connectivity index (χ0v) is 16.3. The largest absolute Gasteiger partial charge is 0.508 e. The molecule has 1 unspecified atom stereocenters. The SMILES string of the molecule is CCc1cc2c(C[NH+](C)Cc3cc(C)ccc3OC)cc(=O)oc2cc1O. The molecule has 0 radical (unpaired) electrons. The third kappa shape index (κ3) is 4.14. The van der Waals surface area contributed by atoms with Gasteiger partial charge in [0.25, 0.3) is 0 Å². The molecule has 142 valence electrons. The van der Waals surface area contributed by atoms with Crippen molar-refractivity contribution in [1.82, 2.24) is 0 Å². The molecule has 3 rings (SSSR count). The molecular weight excluding hydrogens is 342 g/mol. The average molecular weight is 368 g/mol. The van der Waals surface area contributed by atoms with Crippen LogP contribution in [0, 0.1) is 6.92 Å². The predicted molar refractivity (Wildman–Crippen MR) is 106 cm³/mol. The van der Waals surface area contributed by atoms with Crippen LogP contribution in [-0.4, -0.2) is 19.3 Å². The Hall–Kier alpha value is -2.79. The molecule has 0 saturated heterocycles. The van der Waals surface area contributed by atoms with Crippen molar-refractivity contribution in [2.45, 2.75) is 33.4 Å². The van der Waals surface area contributed by atoms with Gasteiger partial charge in [-0.3, -0.25) is 0 Å². The number of nitrogens with one attached hydrogen (secondary N) is 1. The molecule has 0 amide bonds. The lowest BCUT2D eigenvalue weighted by Crippen LogP contribution is -3.06. The van der Waals surface area contributed by atoms with E-state index in [1.54, 1.807) is 13.2 Å². The molecule has 0 aliphatic rings. The number of methoxy groups -OCH3 is 1. The Morgan fingerprint density at radius 1 is 1.07 bits per heavy atom. The van der Waals surface area contributed by atoms with Crippen molar-refractivity contribution in [1.29, 1.82) is 0 Å². The van der Waals surface area contributed by atoms with Crippen molar-refractivity contribution in [3.63, 3.8) is 0 Å². The third-order valence-corrected chi connectivity index (χ3v) is 4.83. The first-order valence-corrected chi connectivity index (χ1v) is 9.14. The Morgan fingerprint density at radius 2 is 1.81 bits per heavy atom. The summed E-state index contributed by atoms with van der Waals surface area (Å²) >= 11 is 0. The van der Waals surface area contributed by atoms with Gasteiger partial charge in [-0.15, -0.1) is 0 Å². The molecule has 1 aromatic heterocycles. The Bertz CT molecular complexity index is 1020. The molecule has 0 spiro atoms. The monoisotopic (exact) mass is 368 g/mol. The van der Waals surface area contributed by atoms with Gasteiger partial charge in [0.05, 0.1) is 14.2 Å². The molecule has 3 aromatic rings. The Balaban J connectivity index is 1.94. The standard InChI is InChI=1S/C22H25NO4/c1-5-15-9-18-16(10-22(25)27-21(18)11-19(15)24)12-23(3)13-17-8-14(2)6-7-20(17)26-4/h6-11,24H,5,12-13H2,1-4H3/p+1. The zero-order chi connectivity index (χ0) is 19.6. The fourth-order valence-corrected chi connectivity index (χ4v) is 3.49. The minimum atomic E-state index is -0.401. The van der Waals surface area contributed by atoms with Crippen LogP contribution >= 0.6 is 0 Å². The lowest BCUT2D eigenvalue weighted by molar-refractivity contribution is -0.907. The summed E-state index contributed by atoms with van der Waals surface area (Å²) in [6, 6.07) is 11.2. The van der Waals surface area contributed by atoms with Crippen LogP contribution in [0.15, 0.2) is 45.6 Å². The second-order valence-electron chi connectivity index (χ2n) is 7.05. The molecule has 1 heterocycles. The van der Waals surface area contributed by atoms with E-state index < -0.39 is 5.63 Å². The molecule has 1 atom stereocenters. The summed E-state index contributed by atoms with van der Waals surface area (Å²) in [7, 11) is 3.77. The molecule has 27 heavy (non-hydrogen) atoms. The number of ether oxygens (including phenoxy) is 1. The molecule has 5 heteroatoms. The van der Waals surface area contributed by atoms with Crippen molar-refractivity contribution in [2.24, 2.45) is 0 Å². The van der Waals surface area contributed by atoms with Crippen LogP contribution in [0.5, 0.6) is 11.5 Å². The maximum Gasteiger partial charge on any atom is 0.336 e. The van der Waals surface area contributed by atoms with Crippen LogP contribution in [0.1, 0.15) is 29.2 Å². The number of aromatic hydroxyl groups is 1. The lowest BCUT2D eigenvalue weighted by Gasteiger charge is -2.17. The summed E-state index contributed by atoms with van der Waals surface area (Å²) in [5.41, 5.74) is 4.10. The van der Waals surface area contributed by atoms with Crippen LogP contribution in [-0.2, 0) is 19.5 Å². The predicted octanol–water partition coefficient (Wildman–Crippen LogP) is 2.59. The first-order chi connectivity index (χ1) is 12.9. The van der Waals surface area contributed by atoms with Crippen LogP contribution in [0.2, 0.25) is 0 Å². The number of rotatable bonds is 6. The van der Waals surface area contributed by atoms with Crippen molar-refractivity contribution in [2.75, 3.05) is 14.2 Å². The van der Waals surface area contributed by atoms with Gasteiger partial charge in [0, 0.05) is 28.6 Å². The molecule has 0 aliphatic heterocycles. The van der Waals surface area contributed by atoms with Crippen molar-refractivity contribution >= 4 is 11.0 Å². The van der Waals surface area contributed by atoms with Crippen molar-refractivity contribution < 1.29 is 19.2 Å². The highest BCUT2D eigenvalue weighted by Crippen LogP contribution is 2.26. The number of fused-ring (bicyclic) bond motifs is 1. The molecular formula is C22H26NO4+. The Labute approximate surface area is 158 Å². The summed E-state index contributed by atoms with van der Waals surface area (Å²) in [4.78, 5) is 13.2. The zero-order valence-electron chi connectivity index (χ0n) is 16.3. The minimum absolute atomic E-state index is 0.162.